The first-order valence-corrected chi connectivity index (χ1v) is 10.2. The standard InChI is InChI=1S/C23H23F4NO4/c1-2-3-4-19-13-22(21(29)30,32-28-19)20(31-14-15-5-11-18(24)12-6-15)16-7-9-17(10-8-16)23(25,26)27/h5-12,20H,2-4,13-14H2,1H3,(H,29,30). The molecule has 0 saturated carbocycles. The second kappa shape index (κ2) is 9.68. The summed E-state index contributed by atoms with van der Waals surface area (Å²) in [5.41, 5.74) is -1.47. The normalized spacial score (nSPS) is 19.3. The molecule has 1 aliphatic rings. The third-order valence-electron chi connectivity index (χ3n) is 5.28. The van der Waals surface area contributed by atoms with Crippen LogP contribution in [0.3, 0.4) is 0 Å². The van der Waals surface area contributed by atoms with Crippen LogP contribution in [-0.4, -0.2) is 22.4 Å². The van der Waals surface area contributed by atoms with Crippen LogP contribution < -0.4 is 0 Å². The van der Waals surface area contributed by atoms with Gasteiger partial charge in [-0.3, -0.25) is 0 Å². The van der Waals surface area contributed by atoms with E-state index in [0.29, 0.717) is 17.7 Å². The summed E-state index contributed by atoms with van der Waals surface area (Å²) in [7, 11) is 0. The van der Waals surface area contributed by atoms with Crippen molar-refractivity contribution in [3.05, 3.63) is 71.0 Å². The topological polar surface area (TPSA) is 68.1 Å². The van der Waals surface area contributed by atoms with Crippen molar-refractivity contribution in [2.45, 2.75) is 57.1 Å². The Morgan fingerprint density at radius 2 is 1.84 bits per heavy atom. The van der Waals surface area contributed by atoms with Gasteiger partial charge < -0.3 is 14.7 Å². The number of carboxylic acids is 1. The molecule has 3 rings (SSSR count). The lowest BCUT2D eigenvalue weighted by Gasteiger charge is -2.31. The fourth-order valence-corrected chi connectivity index (χ4v) is 3.50. The fraction of sp³-hybridized carbons (Fsp3) is 0.391. The summed E-state index contributed by atoms with van der Waals surface area (Å²) in [6.45, 7) is 1.88. The first-order chi connectivity index (χ1) is 15.2. The third kappa shape index (κ3) is 5.27. The van der Waals surface area contributed by atoms with Gasteiger partial charge in [0.25, 0.3) is 5.60 Å². The number of ether oxygens (including phenoxy) is 1. The van der Waals surface area contributed by atoms with Gasteiger partial charge in [-0.1, -0.05) is 42.8 Å². The van der Waals surface area contributed by atoms with Crippen molar-refractivity contribution in [3.8, 4) is 0 Å². The van der Waals surface area contributed by atoms with Gasteiger partial charge in [-0.25, -0.2) is 9.18 Å². The Morgan fingerprint density at radius 1 is 1.19 bits per heavy atom. The van der Waals surface area contributed by atoms with Crippen LogP contribution in [0.2, 0.25) is 0 Å². The minimum absolute atomic E-state index is 0.0581. The molecule has 1 heterocycles. The predicted octanol–water partition coefficient (Wildman–Crippen LogP) is 5.89. The number of hydrogen-bond acceptors (Lipinski definition) is 4. The zero-order valence-corrected chi connectivity index (χ0v) is 17.4. The van der Waals surface area contributed by atoms with E-state index >= 15 is 0 Å². The molecule has 1 N–H and O–H groups in total. The van der Waals surface area contributed by atoms with Gasteiger partial charge in [-0.05, 0) is 48.2 Å². The highest BCUT2D eigenvalue weighted by molar-refractivity contribution is 5.93. The van der Waals surface area contributed by atoms with Crippen molar-refractivity contribution in [2.75, 3.05) is 0 Å². The lowest BCUT2D eigenvalue weighted by atomic mass is 9.85. The number of hydrogen-bond donors (Lipinski definition) is 1. The van der Waals surface area contributed by atoms with Gasteiger partial charge in [0.2, 0.25) is 0 Å². The molecule has 0 bridgehead atoms. The van der Waals surface area contributed by atoms with Crippen molar-refractivity contribution in [1.82, 2.24) is 0 Å². The van der Waals surface area contributed by atoms with E-state index in [9.17, 15) is 27.5 Å². The molecule has 0 aromatic heterocycles. The Morgan fingerprint density at radius 3 is 2.41 bits per heavy atom. The van der Waals surface area contributed by atoms with Crippen molar-refractivity contribution < 1.29 is 37.0 Å². The van der Waals surface area contributed by atoms with Gasteiger partial charge in [0.1, 0.15) is 11.9 Å². The summed E-state index contributed by atoms with van der Waals surface area (Å²) >= 11 is 0. The number of halogens is 4. The number of unbranched alkanes of at least 4 members (excludes halogenated alkanes) is 1. The minimum Gasteiger partial charge on any atom is -0.478 e. The molecular formula is C23H23F4NO4. The Bertz CT molecular complexity index is 957. The average Bonchev–Trinajstić information content (AvgIpc) is 3.19. The zero-order valence-electron chi connectivity index (χ0n) is 17.4. The maximum Gasteiger partial charge on any atom is 0.416 e. The number of oxime groups is 1. The molecule has 2 atom stereocenters. The first-order valence-electron chi connectivity index (χ1n) is 10.2. The highest BCUT2D eigenvalue weighted by atomic mass is 19.4. The maximum atomic E-state index is 13.2. The number of carboxylic acid groups (broad SMARTS) is 1. The van der Waals surface area contributed by atoms with E-state index < -0.39 is 35.2 Å². The van der Waals surface area contributed by atoms with Gasteiger partial charge in [0.05, 0.1) is 17.9 Å². The SMILES string of the molecule is CCCCC1=NOC(C(=O)O)(C(OCc2ccc(F)cc2)c2ccc(C(F)(F)F)cc2)C1. The Kier molecular flexibility index (Phi) is 7.18. The molecule has 0 aliphatic carbocycles. The summed E-state index contributed by atoms with van der Waals surface area (Å²) in [5.74, 6) is -1.78. The van der Waals surface area contributed by atoms with Gasteiger partial charge >= 0.3 is 12.1 Å². The number of aliphatic carboxylic acids is 1. The molecule has 9 heteroatoms. The van der Waals surface area contributed by atoms with E-state index in [-0.39, 0.29) is 18.6 Å². The average molecular weight is 453 g/mol. The molecule has 0 fully saturated rings. The number of rotatable bonds is 9. The van der Waals surface area contributed by atoms with Crippen LogP contribution in [0.5, 0.6) is 0 Å². The molecule has 1 aliphatic heterocycles. The fourth-order valence-electron chi connectivity index (χ4n) is 3.50. The molecule has 0 radical (unpaired) electrons. The highest BCUT2D eigenvalue weighted by Crippen LogP contribution is 2.42. The molecule has 2 unspecified atom stereocenters. The van der Waals surface area contributed by atoms with Crippen LogP contribution in [0, 0.1) is 5.82 Å². The van der Waals surface area contributed by atoms with Gasteiger partial charge in [-0.15, -0.1) is 0 Å². The Labute approximate surface area is 182 Å². The lowest BCUT2D eigenvalue weighted by molar-refractivity contribution is -0.187. The quantitative estimate of drug-likeness (QED) is 0.481. The second-order valence-corrected chi connectivity index (χ2v) is 7.66. The van der Waals surface area contributed by atoms with Gasteiger partial charge in [0, 0.05) is 6.42 Å². The molecule has 172 valence electrons. The van der Waals surface area contributed by atoms with Crippen molar-refractivity contribution in [3.63, 3.8) is 0 Å². The zero-order chi connectivity index (χ0) is 23.4. The molecule has 32 heavy (non-hydrogen) atoms. The summed E-state index contributed by atoms with van der Waals surface area (Å²) in [5, 5.41) is 14.0. The van der Waals surface area contributed by atoms with E-state index in [1.807, 2.05) is 6.92 Å². The summed E-state index contributed by atoms with van der Waals surface area (Å²) in [6.07, 6.45) is -3.63. The number of alkyl halides is 3. The molecule has 2 aromatic rings. The van der Waals surface area contributed by atoms with Crippen LogP contribution in [0.25, 0.3) is 0 Å². The van der Waals surface area contributed by atoms with E-state index in [1.165, 1.54) is 36.4 Å². The lowest BCUT2D eigenvalue weighted by Crippen LogP contribution is -2.46. The minimum atomic E-state index is -4.53. The summed E-state index contributed by atoms with van der Waals surface area (Å²) < 4.78 is 58.1. The van der Waals surface area contributed by atoms with Gasteiger partial charge in [0.15, 0.2) is 0 Å². The van der Waals surface area contributed by atoms with Crippen molar-refractivity contribution >= 4 is 11.7 Å². The van der Waals surface area contributed by atoms with Crippen molar-refractivity contribution in [2.24, 2.45) is 5.16 Å². The van der Waals surface area contributed by atoms with Crippen LogP contribution in [0.1, 0.15) is 55.4 Å². The Hall–Kier alpha value is -2.94. The number of nitrogens with zero attached hydrogens (tertiary/aromatic N) is 1. The smallest absolute Gasteiger partial charge is 0.416 e. The Balaban J connectivity index is 1.93. The van der Waals surface area contributed by atoms with Crippen LogP contribution in [0.15, 0.2) is 53.7 Å². The highest BCUT2D eigenvalue weighted by Gasteiger charge is 2.54. The molecule has 0 saturated heterocycles. The van der Waals surface area contributed by atoms with Crippen molar-refractivity contribution in [1.29, 1.82) is 0 Å². The van der Waals surface area contributed by atoms with E-state index in [2.05, 4.69) is 5.16 Å². The van der Waals surface area contributed by atoms with Crippen LogP contribution in [0.4, 0.5) is 17.6 Å². The van der Waals surface area contributed by atoms with E-state index in [4.69, 9.17) is 9.57 Å². The van der Waals surface area contributed by atoms with Crippen LogP contribution >= 0.6 is 0 Å². The third-order valence-corrected chi connectivity index (χ3v) is 5.28. The van der Waals surface area contributed by atoms with E-state index in [1.54, 1.807) is 0 Å². The largest absolute Gasteiger partial charge is 0.478 e. The molecule has 0 amide bonds. The number of carbonyl (C=O) groups is 1. The molecule has 0 spiro atoms. The first kappa shape index (κ1) is 23.7. The summed E-state index contributed by atoms with van der Waals surface area (Å²) in [6, 6.07) is 9.51. The second-order valence-electron chi connectivity index (χ2n) is 7.66. The van der Waals surface area contributed by atoms with Gasteiger partial charge in [-0.2, -0.15) is 13.2 Å². The maximum absolute atomic E-state index is 13.2. The molecule has 2 aromatic carbocycles. The molecular weight excluding hydrogens is 430 g/mol. The van der Waals surface area contributed by atoms with Crippen LogP contribution in [-0.2, 0) is 27.2 Å². The van der Waals surface area contributed by atoms with E-state index in [0.717, 1.165) is 25.0 Å². The predicted molar refractivity (Wildman–Crippen MR) is 108 cm³/mol. The monoisotopic (exact) mass is 453 g/mol. The summed E-state index contributed by atoms with van der Waals surface area (Å²) in [4.78, 5) is 17.7. The molecule has 5 nitrogen and oxygen atoms in total. The number of benzene rings is 2.